The van der Waals surface area contributed by atoms with Crippen LogP contribution in [0, 0.1) is 11.8 Å². The molecule has 21 heavy (non-hydrogen) atoms. The summed E-state index contributed by atoms with van der Waals surface area (Å²) in [6.07, 6.45) is 4.01. The van der Waals surface area contributed by atoms with Gasteiger partial charge >= 0.3 is 5.97 Å². The van der Waals surface area contributed by atoms with Crippen molar-refractivity contribution in [1.29, 1.82) is 0 Å². The minimum atomic E-state index is -0.845. The average molecular weight is 296 g/mol. The number of hydrogen-bond donors (Lipinski definition) is 3. The second-order valence-electron chi connectivity index (χ2n) is 5.59. The maximum atomic E-state index is 12.0. The van der Waals surface area contributed by atoms with Gasteiger partial charge in [-0.05, 0) is 18.3 Å². The Balaban J connectivity index is 2.52. The lowest BCUT2D eigenvalue weighted by molar-refractivity contribution is -0.138. The number of nitrogens with two attached hydrogens (primary N) is 1. The standard InChI is InChI=1S/C14H24N4O3/c1-10(2)5-11(6-13(19)20)7-16-14(21)12-8-18(4-3-15)9-17-12/h8-11H,3-7,15H2,1-2H3,(H,16,21)(H,19,20)/t11-/m0/s1. The van der Waals surface area contributed by atoms with Crippen molar-refractivity contribution in [2.75, 3.05) is 13.1 Å². The van der Waals surface area contributed by atoms with Crippen LogP contribution in [0.3, 0.4) is 0 Å². The van der Waals surface area contributed by atoms with Gasteiger partial charge in [-0.2, -0.15) is 0 Å². The van der Waals surface area contributed by atoms with Gasteiger partial charge in [-0.1, -0.05) is 13.8 Å². The first kappa shape index (κ1) is 17.2. The first-order valence-electron chi connectivity index (χ1n) is 7.14. The van der Waals surface area contributed by atoms with Crippen LogP contribution in [0.1, 0.15) is 37.2 Å². The van der Waals surface area contributed by atoms with Crippen molar-refractivity contribution in [2.45, 2.75) is 33.2 Å². The zero-order valence-corrected chi connectivity index (χ0v) is 12.6. The van der Waals surface area contributed by atoms with Crippen LogP contribution < -0.4 is 11.1 Å². The largest absolute Gasteiger partial charge is 0.481 e. The van der Waals surface area contributed by atoms with E-state index in [-0.39, 0.29) is 18.2 Å². The summed E-state index contributed by atoms with van der Waals surface area (Å²) in [5.41, 5.74) is 5.75. The van der Waals surface area contributed by atoms with Gasteiger partial charge in [0.1, 0.15) is 5.69 Å². The number of hydrogen-bond acceptors (Lipinski definition) is 4. The number of carboxylic acids is 1. The smallest absolute Gasteiger partial charge is 0.303 e. The van der Waals surface area contributed by atoms with Gasteiger partial charge in [0, 0.05) is 32.3 Å². The zero-order valence-electron chi connectivity index (χ0n) is 12.6. The van der Waals surface area contributed by atoms with Gasteiger partial charge in [-0.25, -0.2) is 4.98 Å². The van der Waals surface area contributed by atoms with E-state index in [1.165, 1.54) is 0 Å². The highest BCUT2D eigenvalue weighted by atomic mass is 16.4. The molecule has 118 valence electrons. The molecule has 4 N–H and O–H groups in total. The van der Waals surface area contributed by atoms with Crippen molar-refractivity contribution in [3.05, 3.63) is 18.2 Å². The van der Waals surface area contributed by atoms with Crippen LogP contribution in [-0.4, -0.2) is 39.6 Å². The van der Waals surface area contributed by atoms with Gasteiger partial charge in [-0.3, -0.25) is 9.59 Å². The molecule has 7 heteroatoms. The minimum Gasteiger partial charge on any atom is -0.481 e. The van der Waals surface area contributed by atoms with Gasteiger partial charge < -0.3 is 20.7 Å². The van der Waals surface area contributed by atoms with Crippen molar-refractivity contribution < 1.29 is 14.7 Å². The summed E-state index contributed by atoms with van der Waals surface area (Å²) in [6, 6.07) is 0. The van der Waals surface area contributed by atoms with E-state index in [0.717, 1.165) is 6.42 Å². The predicted molar refractivity (Wildman–Crippen MR) is 78.8 cm³/mol. The van der Waals surface area contributed by atoms with E-state index in [1.807, 2.05) is 13.8 Å². The highest BCUT2D eigenvalue weighted by molar-refractivity contribution is 5.92. The van der Waals surface area contributed by atoms with E-state index in [9.17, 15) is 9.59 Å². The SMILES string of the molecule is CC(C)C[C@H](CNC(=O)c1cn(CCN)cn1)CC(=O)O. The van der Waals surface area contributed by atoms with Gasteiger partial charge in [0.2, 0.25) is 0 Å². The number of aliphatic carboxylic acids is 1. The lowest BCUT2D eigenvalue weighted by Gasteiger charge is -2.17. The lowest BCUT2D eigenvalue weighted by Crippen LogP contribution is -2.31. The lowest BCUT2D eigenvalue weighted by atomic mass is 9.94. The summed E-state index contributed by atoms with van der Waals surface area (Å²) in [5, 5.41) is 11.7. The molecule has 0 radical (unpaired) electrons. The van der Waals surface area contributed by atoms with E-state index >= 15 is 0 Å². The summed E-state index contributed by atoms with van der Waals surface area (Å²) in [6.45, 7) is 5.49. The van der Waals surface area contributed by atoms with E-state index in [2.05, 4.69) is 10.3 Å². The van der Waals surface area contributed by atoms with Crippen LogP contribution in [0.25, 0.3) is 0 Å². The number of rotatable bonds is 9. The molecule has 1 aromatic rings. The molecule has 1 rings (SSSR count). The van der Waals surface area contributed by atoms with Crippen molar-refractivity contribution in [1.82, 2.24) is 14.9 Å². The van der Waals surface area contributed by atoms with Crippen molar-refractivity contribution in [2.24, 2.45) is 17.6 Å². The van der Waals surface area contributed by atoms with Crippen molar-refractivity contribution >= 4 is 11.9 Å². The van der Waals surface area contributed by atoms with Crippen LogP contribution >= 0.6 is 0 Å². The molecule has 0 spiro atoms. The molecule has 1 aromatic heterocycles. The van der Waals surface area contributed by atoms with Crippen LogP contribution in [0.5, 0.6) is 0 Å². The van der Waals surface area contributed by atoms with Gasteiger partial charge in [-0.15, -0.1) is 0 Å². The molecule has 7 nitrogen and oxygen atoms in total. The minimum absolute atomic E-state index is 0.0556. The van der Waals surface area contributed by atoms with E-state index in [1.54, 1.807) is 17.1 Å². The third-order valence-electron chi connectivity index (χ3n) is 3.07. The quantitative estimate of drug-likeness (QED) is 0.621. The van der Waals surface area contributed by atoms with Crippen molar-refractivity contribution in [3.8, 4) is 0 Å². The summed E-state index contributed by atoms with van der Waals surface area (Å²) < 4.78 is 1.75. The molecule has 1 heterocycles. The Hall–Kier alpha value is -1.89. The molecule has 1 amide bonds. The third kappa shape index (κ3) is 6.40. The summed E-state index contributed by atoms with van der Waals surface area (Å²) in [7, 11) is 0. The second kappa shape index (κ2) is 8.41. The molecule has 0 bridgehead atoms. The highest BCUT2D eigenvalue weighted by Crippen LogP contribution is 2.14. The predicted octanol–water partition coefficient (Wildman–Crippen LogP) is 0.709. The molecule has 0 unspecified atom stereocenters. The molecule has 1 atom stereocenters. The number of imidazole rings is 1. The third-order valence-corrected chi connectivity index (χ3v) is 3.07. The Morgan fingerprint density at radius 1 is 1.48 bits per heavy atom. The maximum absolute atomic E-state index is 12.0. The number of nitrogens with zero attached hydrogens (tertiary/aromatic N) is 2. The van der Waals surface area contributed by atoms with Crippen LogP contribution in [-0.2, 0) is 11.3 Å². The Morgan fingerprint density at radius 3 is 2.76 bits per heavy atom. The summed E-state index contributed by atoms with van der Waals surface area (Å²) in [5.74, 6) is -0.820. The van der Waals surface area contributed by atoms with Gasteiger partial charge in [0.25, 0.3) is 5.91 Å². The molecule has 0 saturated heterocycles. The first-order chi connectivity index (χ1) is 9.92. The molecule has 0 aliphatic heterocycles. The average Bonchev–Trinajstić information content (AvgIpc) is 2.83. The maximum Gasteiger partial charge on any atom is 0.303 e. The fourth-order valence-electron chi connectivity index (χ4n) is 2.23. The number of carbonyl (C=O) groups is 2. The molecule has 0 fully saturated rings. The molecule has 0 saturated carbocycles. The fourth-order valence-corrected chi connectivity index (χ4v) is 2.23. The summed E-state index contributed by atoms with van der Waals surface area (Å²) >= 11 is 0. The van der Waals surface area contributed by atoms with Gasteiger partial charge in [0.15, 0.2) is 0 Å². The topological polar surface area (TPSA) is 110 Å². The molecule has 0 aliphatic carbocycles. The zero-order chi connectivity index (χ0) is 15.8. The first-order valence-corrected chi connectivity index (χ1v) is 7.14. The van der Waals surface area contributed by atoms with E-state index in [0.29, 0.717) is 31.2 Å². The fraction of sp³-hybridized carbons (Fsp3) is 0.643. The number of carboxylic acid groups (broad SMARTS) is 1. The number of aromatic nitrogens is 2. The van der Waals surface area contributed by atoms with Crippen LogP contribution in [0.2, 0.25) is 0 Å². The Morgan fingerprint density at radius 2 is 2.19 bits per heavy atom. The van der Waals surface area contributed by atoms with Gasteiger partial charge in [0.05, 0.1) is 6.33 Å². The van der Waals surface area contributed by atoms with E-state index in [4.69, 9.17) is 10.8 Å². The Kier molecular flexibility index (Phi) is 6.87. The number of carbonyl (C=O) groups excluding carboxylic acids is 1. The number of amides is 1. The van der Waals surface area contributed by atoms with E-state index < -0.39 is 5.97 Å². The molecule has 0 aliphatic rings. The molecular weight excluding hydrogens is 272 g/mol. The highest BCUT2D eigenvalue weighted by Gasteiger charge is 2.17. The van der Waals surface area contributed by atoms with Crippen LogP contribution in [0.4, 0.5) is 0 Å². The Bertz CT molecular complexity index is 471. The molecular formula is C14H24N4O3. The monoisotopic (exact) mass is 296 g/mol. The Labute approximate surface area is 124 Å². The van der Waals surface area contributed by atoms with Crippen molar-refractivity contribution in [3.63, 3.8) is 0 Å². The van der Waals surface area contributed by atoms with Crippen LogP contribution in [0.15, 0.2) is 12.5 Å². The second-order valence-corrected chi connectivity index (χ2v) is 5.59. The number of nitrogens with one attached hydrogen (secondary N) is 1. The summed E-state index contributed by atoms with van der Waals surface area (Å²) in [4.78, 5) is 26.8. The molecule has 0 aromatic carbocycles. The normalized spacial score (nSPS) is 12.4.